The maximum absolute atomic E-state index is 12.5. The lowest BCUT2D eigenvalue weighted by Crippen LogP contribution is -2.37. The number of amides is 2. The van der Waals surface area contributed by atoms with Gasteiger partial charge in [-0.3, -0.25) is 0 Å². The molecule has 2 aromatic rings. The third kappa shape index (κ3) is 3.84. The van der Waals surface area contributed by atoms with Crippen LogP contribution in [0.2, 0.25) is 0 Å². The summed E-state index contributed by atoms with van der Waals surface area (Å²) >= 11 is 0. The first-order valence-corrected chi connectivity index (χ1v) is 7.35. The summed E-state index contributed by atoms with van der Waals surface area (Å²) in [4.78, 5) is 16.7. The van der Waals surface area contributed by atoms with Crippen molar-refractivity contribution in [2.75, 3.05) is 7.05 Å². The van der Waals surface area contributed by atoms with Crippen LogP contribution < -0.4 is 5.32 Å². The molecule has 2 amide bonds. The molecule has 1 aliphatic rings. The van der Waals surface area contributed by atoms with Gasteiger partial charge in [-0.2, -0.15) is 18.2 Å². The number of rotatable bonds is 4. The van der Waals surface area contributed by atoms with Gasteiger partial charge in [-0.15, -0.1) is 0 Å². The molecule has 0 unspecified atom stereocenters. The largest absolute Gasteiger partial charge is 0.471 e. The highest BCUT2D eigenvalue weighted by Crippen LogP contribution is 2.29. The third-order valence-corrected chi connectivity index (χ3v) is 3.55. The van der Waals surface area contributed by atoms with E-state index in [9.17, 15) is 18.0 Å². The first-order chi connectivity index (χ1) is 11.3. The maximum atomic E-state index is 12.5. The van der Waals surface area contributed by atoms with Gasteiger partial charge in [-0.1, -0.05) is 29.4 Å². The number of nitrogens with one attached hydrogen (secondary N) is 1. The van der Waals surface area contributed by atoms with E-state index >= 15 is 0 Å². The fourth-order valence-corrected chi connectivity index (χ4v) is 2.07. The highest BCUT2D eigenvalue weighted by Gasteiger charge is 2.38. The van der Waals surface area contributed by atoms with Gasteiger partial charge in [-0.25, -0.2) is 4.79 Å². The van der Waals surface area contributed by atoms with Gasteiger partial charge in [0, 0.05) is 25.2 Å². The lowest BCUT2D eigenvalue weighted by atomic mass is 10.1. The number of nitrogens with zero attached hydrogens (tertiary/aromatic N) is 3. The molecule has 3 rings (SSSR count). The SMILES string of the molecule is CN(Cc1ccc(-c2noc(C(F)(F)F)n2)cc1)C(=O)NC1CC1. The summed E-state index contributed by atoms with van der Waals surface area (Å²) < 4.78 is 41.6. The second kappa shape index (κ2) is 6.14. The van der Waals surface area contributed by atoms with Crippen LogP contribution >= 0.6 is 0 Å². The Kier molecular flexibility index (Phi) is 4.16. The van der Waals surface area contributed by atoms with Crippen molar-refractivity contribution in [2.24, 2.45) is 0 Å². The number of urea groups is 1. The maximum Gasteiger partial charge on any atom is 0.471 e. The number of carbonyl (C=O) groups excluding carboxylic acids is 1. The predicted octanol–water partition coefficient (Wildman–Crippen LogP) is 3.06. The van der Waals surface area contributed by atoms with E-state index in [4.69, 9.17) is 0 Å². The van der Waals surface area contributed by atoms with Crippen LogP contribution in [0.15, 0.2) is 28.8 Å². The average molecular weight is 340 g/mol. The summed E-state index contributed by atoms with van der Waals surface area (Å²) in [5.41, 5.74) is 1.25. The Morgan fingerprint density at radius 2 is 2.00 bits per heavy atom. The molecule has 9 heteroatoms. The van der Waals surface area contributed by atoms with Crippen molar-refractivity contribution in [3.8, 4) is 11.4 Å². The van der Waals surface area contributed by atoms with Crippen molar-refractivity contribution in [3.05, 3.63) is 35.7 Å². The Balaban J connectivity index is 1.64. The van der Waals surface area contributed by atoms with E-state index in [1.807, 2.05) is 0 Å². The molecule has 24 heavy (non-hydrogen) atoms. The van der Waals surface area contributed by atoms with Crippen molar-refractivity contribution in [3.63, 3.8) is 0 Å². The van der Waals surface area contributed by atoms with Gasteiger partial charge < -0.3 is 14.7 Å². The van der Waals surface area contributed by atoms with Crippen LogP contribution in [-0.2, 0) is 12.7 Å². The zero-order valence-electron chi connectivity index (χ0n) is 12.8. The molecular formula is C15H15F3N4O2. The summed E-state index contributed by atoms with van der Waals surface area (Å²) in [6.07, 6.45) is -2.64. The van der Waals surface area contributed by atoms with Crippen molar-refractivity contribution in [1.82, 2.24) is 20.4 Å². The standard InChI is InChI=1S/C15H15F3N4O2/c1-22(14(23)19-11-6-7-11)8-9-2-4-10(5-3-9)12-20-13(24-21-12)15(16,17)18/h2-5,11H,6-8H2,1H3,(H,19,23). The van der Waals surface area contributed by atoms with Gasteiger partial charge in [0.2, 0.25) is 5.82 Å². The van der Waals surface area contributed by atoms with E-state index in [0.29, 0.717) is 12.1 Å². The molecule has 0 bridgehead atoms. The lowest BCUT2D eigenvalue weighted by molar-refractivity contribution is -0.159. The Labute approximate surface area is 135 Å². The highest BCUT2D eigenvalue weighted by atomic mass is 19.4. The van der Waals surface area contributed by atoms with Gasteiger partial charge in [0.1, 0.15) is 0 Å². The zero-order chi connectivity index (χ0) is 17.3. The molecule has 1 saturated carbocycles. The molecule has 0 saturated heterocycles. The van der Waals surface area contributed by atoms with Crippen molar-refractivity contribution >= 4 is 6.03 Å². The van der Waals surface area contributed by atoms with E-state index in [0.717, 1.165) is 18.4 Å². The molecular weight excluding hydrogens is 325 g/mol. The average Bonchev–Trinajstić information content (AvgIpc) is 3.18. The predicted molar refractivity (Wildman–Crippen MR) is 77.8 cm³/mol. The molecule has 1 heterocycles. The number of hydrogen-bond donors (Lipinski definition) is 1. The fourth-order valence-electron chi connectivity index (χ4n) is 2.07. The minimum Gasteiger partial charge on any atom is -0.335 e. The van der Waals surface area contributed by atoms with Crippen LogP contribution in [0.5, 0.6) is 0 Å². The summed E-state index contributed by atoms with van der Waals surface area (Å²) in [6, 6.07) is 6.73. The second-order valence-electron chi connectivity index (χ2n) is 5.70. The zero-order valence-corrected chi connectivity index (χ0v) is 12.8. The van der Waals surface area contributed by atoms with Crippen LogP contribution in [-0.4, -0.2) is 34.2 Å². The Morgan fingerprint density at radius 1 is 1.33 bits per heavy atom. The van der Waals surface area contributed by atoms with Gasteiger partial charge in [0.05, 0.1) is 0 Å². The van der Waals surface area contributed by atoms with Crippen LogP contribution in [0, 0.1) is 0 Å². The number of halogens is 3. The quantitative estimate of drug-likeness (QED) is 0.928. The summed E-state index contributed by atoms with van der Waals surface area (Å²) in [5.74, 6) is -1.51. The monoisotopic (exact) mass is 340 g/mol. The molecule has 1 fully saturated rings. The van der Waals surface area contributed by atoms with Crippen LogP contribution in [0.1, 0.15) is 24.3 Å². The third-order valence-electron chi connectivity index (χ3n) is 3.55. The smallest absolute Gasteiger partial charge is 0.335 e. The van der Waals surface area contributed by atoms with E-state index in [2.05, 4.69) is 20.0 Å². The molecule has 1 aliphatic carbocycles. The Hall–Kier alpha value is -2.58. The molecule has 0 spiro atoms. The first-order valence-electron chi connectivity index (χ1n) is 7.35. The van der Waals surface area contributed by atoms with Crippen molar-refractivity contribution in [1.29, 1.82) is 0 Å². The van der Waals surface area contributed by atoms with E-state index < -0.39 is 12.1 Å². The van der Waals surface area contributed by atoms with E-state index in [1.165, 1.54) is 0 Å². The Bertz CT molecular complexity index is 723. The molecule has 1 aromatic heterocycles. The summed E-state index contributed by atoms with van der Waals surface area (Å²) in [5, 5.41) is 6.21. The molecule has 0 radical (unpaired) electrons. The molecule has 0 aliphatic heterocycles. The van der Waals surface area contributed by atoms with E-state index in [1.54, 1.807) is 36.2 Å². The molecule has 6 nitrogen and oxygen atoms in total. The lowest BCUT2D eigenvalue weighted by Gasteiger charge is -2.18. The minimum atomic E-state index is -4.66. The molecule has 0 atom stereocenters. The second-order valence-corrected chi connectivity index (χ2v) is 5.70. The van der Waals surface area contributed by atoms with Crippen molar-refractivity contribution in [2.45, 2.75) is 31.6 Å². The summed E-state index contributed by atoms with van der Waals surface area (Å²) in [6.45, 7) is 0.388. The van der Waals surface area contributed by atoms with Gasteiger partial charge in [0.15, 0.2) is 0 Å². The molecule has 1 aromatic carbocycles. The number of benzene rings is 1. The number of hydrogen-bond acceptors (Lipinski definition) is 4. The Morgan fingerprint density at radius 3 is 2.54 bits per heavy atom. The van der Waals surface area contributed by atoms with Crippen LogP contribution in [0.3, 0.4) is 0 Å². The fraction of sp³-hybridized carbons (Fsp3) is 0.400. The van der Waals surface area contributed by atoms with Crippen LogP contribution in [0.4, 0.5) is 18.0 Å². The minimum absolute atomic E-state index is 0.131. The normalized spacial score (nSPS) is 14.5. The van der Waals surface area contributed by atoms with E-state index in [-0.39, 0.29) is 17.9 Å². The van der Waals surface area contributed by atoms with Crippen LogP contribution in [0.25, 0.3) is 11.4 Å². The van der Waals surface area contributed by atoms with Crippen molar-refractivity contribution < 1.29 is 22.5 Å². The number of aromatic nitrogens is 2. The van der Waals surface area contributed by atoms with Gasteiger partial charge >= 0.3 is 18.1 Å². The molecule has 1 N–H and O–H groups in total. The summed E-state index contributed by atoms with van der Waals surface area (Å²) in [7, 11) is 1.68. The number of carbonyl (C=O) groups is 1. The first kappa shape index (κ1) is 16.3. The highest BCUT2D eigenvalue weighted by molar-refractivity contribution is 5.74. The van der Waals surface area contributed by atoms with Gasteiger partial charge in [-0.05, 0) is 18.4 Å². The number of alkyl halides is 3. The molecule has 128 valence electrons. The topological polar surface area (TPSA) is 71.3 Å². The van der Waals surface area contributed by atoms with Gasteiger partial charge in [0.25, 0.3) is 0 Å².